The molecule has 7 heteroatoms. The molecule has 0 aliphatic carbocycles. The molecule has 0 radical (unpaired) electrons. The van der Waals surface area contributed by atoms with Crippen molar-refractivity contribution in [1.29, 1.82) is 0 Å². The van der Waals surface area contributed by atoms with Crippen molar-refractivity contribution in [2.45, 2.75) is 33.2 Å². The number of hydrogen-bond donors (Lipinski definition) is 0. The van der Waals surface area contributed by atoms with Crippen molar-refractivity contribution in [2.75, 3.05) is 42.8 Å². The van der Waals surface area contributed by atoms with E-state index in [-0.39, 0.29) is 0 Å². The summed E-state index contributed by atoms with van der Waals surface area (Å²) in [6.07, 6.45) is 3.95. The van der Waals surface area contributed by atoms with Crippen LogP contribution in [0.2, 0.25) is 0 Å². The van der Waals surface area contributed by atoms with Crippen LogP contribution in [0.25, 0.3) is 11.2 Å². The molecule has 4 heterocycles. The number of fused-ring (bicyclic) bond motifs is 1. The molecule has 5 rings (SSSR count). The van der Waals surface area contributed by atoms with Crippen LogP contribution in [0.5, 0.6) is 0 Å². The lowest BCUT2D eigenvalue weighted by atomic mass is 10.0. The van der Waals surface area contributed by atoms with Gasteiger partial charge in [0.05, 0.1) is 30.9 Å². The van der Waals surface area contributed by atoms with E-state index < -0.39 is 0 Å². The number of imidazole rings is 1. The minimum absolute atomic E-state index is 0.743. The average molecular weight is 405 g/mol. The van der Waals surface area contributed by atoms with Gasteiger partial charge in [0.25, 0.3) is 0 Å². The second-order valence-corrected chi connectivity index (χ2v) is 7.94. The molecule has 30 heavy (non-hydrogen) atoms. The summed E-state index contributed by atoms with van der Waals surface area (Å²) < 4.78 is 7.67. The summed E-state index contributed by atoms with van der Waals surface area (Å²) in [5.74, 6) is 0.893. The molecule has 0 spiro atoms. The summed E-state index contributed by atoms with van der Waals surface area (Å²) in [5.41, 5.74) is 6.60. The first-order valence-electron chi connectivity index (χ1n) is 10.8. The summed E-state index contributed by atoms with van der Waals surface area (Å²) in [4.78, 5) is 12.0. The fraction of sp³-hybridized carbons (Fsp3) is 0.435. The van der Waals surface area contributed by atoms with Gasteiger partial charge < -0.3 is 14.2 Å². The molecule has 3 aromatic rings. The van der Waals surface area contributed by atoms with Gasteiger partial charge >= 0.3 is 0 Å². The number of pyridine rings is 1. The topological polar surface area (TPSA) is 58.8 Å². The van der Waals surface area contributed by atoms with Gasteiger partial charge in [-0.3, -0.25) is 0 Å². The number of morpholine rings is 1. The summed E-state index contributed by atoms with van der Waals surface area (Å²) in [6.45, 7) is 9.19. The number of nitrogens with zero attached hydrogens (tertiary/aromatic N) is 6. The molecule has 0 unspecified atom stereocenters. The molecule has 1 aromatic carbocycles. The van der Waals surface area contributed by atoms with Crippen LogP contribution in [0, 0.1) is 6.92 Å². The van der Waals surface area contributed by atoms with Crippen molar-refractivity contribution in [1.82, 2.24) is 14.5 Å². The molecule has 2 aromatic heterocycles. The van der Waals surface area contributed by atoms with Gasteiger partial charge in [-0.15, -0.1) is 0 Å². The van der Waals surface area contributed by atoms with Crippen molar-refractivity contribution in [3.63, 3.8) is 0 Å². The van der Waals surface area contributed by atoms with Crippen LogP contribution >= 0.6 is 0 Å². The number of aryl methyl sites for hydroxylation is 2. The Labute approximate surface area is 177 Å². The predicted octanol–water partition coefficient (Wildman–Crippen LogP) is 3.60. The lowest BCUT2D eigenvalue weighted by Gasteiger charge is -2.30. The van der Waals surface area contributed by atoms with Crippen molar-refractivity contribution >= 4 is 28.4 Å². The molecule has 0 saturated carbocycles. The second kappa shape index (κ2) is 8.07. The summed E-state index contributed by atoms with van der Waals surface area (Å²) in [5, 5.41) is 7.08. The van der Waals surface area contributed by atoms with E-state index in [2.05, 4.69) is 63.6 Å². The monoisotopic (exact) mass is 404 g/mol. The molecule has 0 atom stereocenters. The highest BCUT2D eigenvalue weighted by Crippen LogP contribution is 2.31. The van der Waals surface area contributed by atoms with E-state index in [1.54, 1.807) is 0 Å². The van der Waals surface area contributed by atoms with Gasteiger partial charge in [0, 0.05) is 32.2 Å². The van der Waals surface area contributed by atoms with E-state index in [1.807, 2.05) is 6.33 Å². The van der Waals surface area contributed by atoms with Gasteiger partial charge in [0.15, 0.2) is 11.5 Å². The zero-order chi connectivity index (χ0) is 20.5. The van der Waals surface area contributed by atoms with Crippen LogP contribution < -0.4 is 9.91 Å². The maximum Gasteiger partial charge on any atom is 0.164 e. The van der Waals surface area contributed by atoms with Crippen LogP contribution in [0.3, 0.4) is 0 Å². The Kier molecular flexibility index (Phi) is 5.12. The Morgan fingerprint density at radius 3 is 2.77 bits per heavy atom. The lowest BCUT2D eigenvalue weighted by Crippen LogP contribution is -2.36. The Morgan fingerprint density at radius 2 is 1.97 bits per heavy atom. The maximum absolute atomic E-state index is 5.56. The largest absolute Gasteiger partial charge is 0.378 e. The zero-order valence-electron chi connectivity index (χ0n) is 17.7. The smallest absolute Gasteiger partial charge is 0.164 e. The van der Waals surface area contributed by atoms with E-state index in [0.717, 1.165) is 80.6 Å². The molecule has 2 aliphatic rings. The first-order valence-corrected chi connectivity index (χ1v) is 10.8. The number of aromatic nitrogens is 3. The van der Waals surface area contributed by atoms with E-state index in [4.69, 9.17) is 14.8 Å². The Morgan fingerprint density at radius 1 is 1.10 bits per heavy atom. The van der Waals surface area contributed by atoms with Gasteiger partial charge in [-0.2, -0.15) is 5.10 Å². The van der Waals surface area contributed by atoms with E-state index in [9.17, 15) is 0 Å². The van der Waals surface area contributed by atoms with Gasteiger partial charge in [-0.25, -0.2) is 15.0 Å². The highest BCUT2D eigenvalue weighted by Gasteiger charge is 2.22. The molecule has 0 amide bonds. The second-order valence-electron chi connectivity index (χ2n) is 7.94. The number of rotatable bonds is 4. The molecule has 7 nitrogen and oxygen atoms in total. The number of benzene rings is 1. The molecule has 2 aliphatic heterocycles. The van der Waals surface area contributed by atoms with Crippen molar-refractivity contribution in [2.24, 2.45) is 5.10 Å². The number of hydrogen-bond acceptors (Lipinski definition) is 6. The third kappa shape index (κ3) is 3.54. The minimum atomic E-state index is 0.743. The Bertz CT molecular complexity index is 1080. The molecule has 0 N–H and O–H groups in total. The number of hydrazone groups is 1. The summed E-state index contributed by atoms with van der Waals surface area (Å²) >= 11 is 0. The summed E-state index contributed by atoms with van der Waals surface area (Å²) in [7, 11) is 0. The molecule has 1 saturated heterocycles. The minimum Gasteiger partial charge on any atom is -0.378 e. The highest BCUT2D eigenvalue weighted by molar-refractivity contribution is 6.01. The molecule has 0 bridgehead atoms. The first kappa shape index (κ1) is 19.1. The normalized spacial score (nSPS) is 17.5. The van der Waals surface area contributed by atoms with E-state index >= 15 is 0 Å². The van der Waals surface area contributed by atoms with Crippen LogP contribution in [0.15, 0.2) is 41.8 Å². The molecule has 156 valence electrons. The van der Waals surface area contributed by atoms with Crippen molar-refractivity contribution in [3.05, 3.63) is 47.8 Å². The average Bonchev–Trinajstić information content (AvgIpc) is 3.22. The summed E-state index contributed by atoms with van der Waals surface area (Å²) in [6, 6.07) is 10.7. The van der Waals surface area contributed by atoms with Crippen LogP contribution in [-0.2, 0) is 11.3 Å². The third-order valence-corrected chi connectivity index (χ3v) is 5.87. The van der Waals surface area contributed by atoms with E-state index in [0.29, 0.717) is 0 Å². The predicted molar refractivity (Wildman–Crippen MR) is 121 cm³/mol. The van der Waals surface area contributed by atoms with Gasteiger partial charge in [0.1, 0.15) is 5.52 Å². The quantitative estimate of drug-likeness (QED) is 0.665. The SMILES string of the molecule is CCn1cnc2c(N3CCOCC3)cc(N3CCCC(c4cccc(C)c4)=N3)nc21. The third-order valence-electron chi connectivity index (χ3n) is 5.87. The van der Waals surface area contributed by atoms with Gasteiger partial charge in [-0.1, -0.05) is 29.8 Å². The lowest BCUT2D eigenvalue weighted by molar-refractivity contribution is 0.123. The van der Waals surface area contributed by atoms with Gasteiger partial charge in [0.2, 0.25) is 0 Å². The highest BCUT2D eigenvalue weighted by atomic mass is 16.5. The molecular weight excluding hydrogens is 376 g/mol. The fourth-order valence-corrected chi connectivity index (χ4v) is 4.25. The van der Waals surface area contributed by atoms with Gasteiger partial charge in [-0.05, 0) is 32.3 Å². The maximum atomic E-state index is 5.56. The van der Waals surface area contributed by atoms with Crippen LogP contribution in [0.1, 0.15) is 30.9 Å². The van der Waals surface area contributed by atoms with Crippen LogP contribution in [-0.4, -0.2) is 53.1 Å². The Balaban J connectivity index is 1.58. The Hall–Kier alpha value is -2.93. The standard InChI is InChI=1S/C23H28N6O/c1-3-27-16-24-22-20(28-10-12-30-13-11-28)15-21(25-23(22)27)29-9-5-8-19(26-29)18-7-4-6-17(2)14-18/h4,6-7,14-16H,3,5,8-13H2,1-2H3. The molecule has 1 fully saturated rings. The van der Waals surface area contributed by atoms with Crippen molar-refractivity contribution < 1.29 is 4.74 Å². The number of ether oxygens (including phenoxy) is 1. The first-order chi connectivity index (χ1) is 14.7. The van der Waals surface area contributed by atoms with E-state index in [1.165, 1.54) is 11.1 Å². The number of anilines is 2. The van der Waals surface area contributed by atoms with Crippen molar-refractivity contribution in [3.8, 4) is 0 Å². The fourth-order valence-electron chi connectivity index (χ4n) is 4.25. The molecular formula is C23H28N6O. The van der Waals surface area contributed by atoms with Crippen LogP contribution in [0.4, 0.5) is 11.5 Å². The zero-order valence-corrected chi connectivity index (χ0v) is 17.7.